The van der Waals surface area contributed by atoms with Gasteiger partial charge in [0.05, 0.1) is 19.1 Å². The Morgan fingerprint density at radius 1 is 0.773 bits per heavy atom. The monoisotopic (exact) mass is 650 g/mol. The van der Waals surface area contributed by atoms with Crippen molar-refractivity contribution in [3.8, 4) is 0 Å². The average Bonchev–Trinajstić information content (AvgIpc) is 3.25. The van der Waals surface area contributed by atoms with Crippen LogP contribution in [0, 0.1) is 5.92 Å². The molecule has 2 aliphatic heterocycles. The van der Waals surface area contributed by atoms with Crippen LogP contribution in [0.2, 0.25) is 0 Å². The fourth-order valence-corrected chi connectivity index (χ4v) is 4.30. The summed E-state index contributed by atoms with van der Waals surface area (Å²) in [4.78, 5) is 25.1. The standard InChI is InChI=1S/C24H42O20/c1-7(2)21(38)42-19(17(35)16(34)14(32)11(29)8(28)3-25)22(39)40-5-10-12(30)15(33)18(36)23(41-10)44-24(6-27)20(37)13(31)9(4-26)43-24/h7-20,23,25-37H,3-6H2,1-2H3/t8-,9-,10-,11-,12-,13-,14+,15+,16-,17?,18-,19?,20+,23-,24+/m1/s1. The zero-order valence-corrected chi connectivity index (χ0v) is 23.7. The van der Waals surface area contributed by atoms with E-state index < -0.39 is 136 Å². The Morgan fingerprint density at radius 2 is 1.36 bits per heavy atom. The first-order valence-corrected chi connectivity index (χ1v) is 13.5. The van der Waals surface area contributed by atoms with Crippen LogP contribution in [0.4, 0.5) is 0 Å². The summed E-state index contributed by atoms with van der Waals surface area (Å²) in [6.07, 6.45) is -29.1. The number of ether oxygens (including phenoxy) is 5. The molecule has 0 spiro atoms. The van der Waals surface area contributed by atoms with Crippen molar-refractivity contribution in [1.29, 1.82) is 0 Å². The van der Waals surface area contributed by atoms with Gasteiger partial charge in [-0.1, -0.05) is 13.8 Å². The summed E-state index contributed by atoms with van der Waals surface area (Å²) in [6, 6.07) is 0. The van der Waals surface area contributed by atoms with Crippen molar-refractivity contribution in [2.75, 3.05) is 26.4 Å². The molecule has 20 heteroatoms. The van der Waals surface area contributed by atoms with Crippen molar-refractivity contribution in [2.24, 2.45) is 5.92 Å². The second-order valence-electron chi connectivity index (χ2n) is 10.7. The van der Waals surface area contributed by atoms with Crippen molar-refractivity contribution >= 4 is 11.9 Å². The van der Waals surface area contributed by atoms with E-state index in [0.29, 0.717) is 0 Å². The largest absolute Gasteiger partial charge is 0.460 e. The third-order valence-corrected chi connectivity index (χ3v) is 7.17. The molecule has 2 fully saturated rings. The highest BCUT2D eigenvalue weighted by atomic mass is 16.8. The first kappa shape index (κ1) is 38.5. The van der Waals surface area contributed by atoms with Gasteiger partial charge in [0.1, 0.15) is 86.5 Å². The number of carbonyl (C=O) groups is 2. The molecular weight excluding hydrogens is 608 g/mol. The summed E-state index contributed by atoms with van der Waals surface area (Å²) in [5.74, 6) is -6.10. The summed E-state index contributed by atoms with van der Waals surface area (Å²) in [5.41, 5.74) is 0. The van der Waals surface area contributed by atoms with Crippen LogP contribution in [0.5, 0.6) is 0 Å². The lowest BCUT2D eigenvalue weighted by atomic mass is 9.96. The number of aliphatic hydroxyl groups is 13. The van der Waals surface area contributed by atoms with Crippen LogP contribution in [-0.4, -0.2) is 196 Å². The second-order valence-corrected chi connectivity index (χ2v) is 10.7. The van der Waals surface area contributed by atoms with Crippen molar-refractivity contribution in [3.05, 3.63) is 0 Å². The quantitative estimate of drug-likeness (QED) is 0.0731. The van der Waals surface area contributed by atoms with E-state index in [4.69, 9.17) is 28.8 Å². The third kappa shape index (κ3) is 8.36. The van der Waals surface area contributed by atoms with E-state index in [1.807, 2.05) is 0 Å². The van der Waals surface area contributed by atoms with E-state index in [1.54, 1.807) is 0 Å². The van der Waals surface area contributed by atoms with Crippen LogP contribution in [0.3, 0.4) is 0 Å². The molecule has 15 atom stereocenters. The normalized spacial score (nSPS) is 36.7. The van der Waals surface area contributed by atoms with Crippen molar-refractivity contribution in [3.63, 3.8) is 0 Å². The van der Waals surface area contributed by atoms with E-state index in [-0.39, 0.29) is 0 Å². The molecule has 0 bridgehead atoms. The molecule has 0 saturated carbocycles. The number of rotatable bonds is 15. The van der Waals surface area contributed by atoms with Crippen molar-refractivity contribution in [1.82, 2.24) is 0 Å². The lowest BCUT2D eigenvalue weighted by molar-refractivity contribution is -0.383. The van der Waals surface area contributed by atoms with E-state index in [9.17, 15) is 70.9 Å². The van der Waals surface area contributed by atoms with Gasteiger partial charge in [0, 0.05) is 0 Å². The highest BCUT2D eigenvalue weighted by Crippen LogP contribution is 2.36. The fourth-order valence-electron chi connectivity index (χ4n) is 4.30. The molecule has 2 unspecified atom stereocenters. The number of carbonyl (C=O) groups excluding carboxylic acids is 2. The van der Waals surface area contributed by atoms with Gasteiger partial charge in [-0.15, -0.1) is 0 Å². The maximum Gasteiger partial charge on any atom is 0.350 e. The second kappa shape index (κ2) is 16.2. The summed E-state index contributed by atoms with van der Waals surface area (Å²) >= 11 is 0. The molecule has 2 rings (SSSR count). The van der Waals surface area contributed by atoms with E-state index in [0.717, 1.165) is 0 Å². The van der Waals surface area contributed by atoms with Gasteiger partial charge in [0.25, 0.3) is 0 Å². The molecule has 20 nitrogen and oxygen atoms in total. The molecular formula is C24H42O20. The van der Waals surface area contributed by atoms with Gasteiger partial charge in [-0.2, -0.15) is 0 Å². The van der Waals surface area contributed by atoms with Crippen LogP contribution < -0.4 is 0 Å². The third-order valence-electron chi connectivity index (χ3n) is 7.17. The Balaban J connectivity index is 2.22. The molecule has 0 aromatic rings. The highest BCUT2D eigenvalue weighted by molar-refractivity contribution is 5.80. The zero-order valence-electron chi connectivity index (χ0n) is 23.7. The van der Waals surface area contributed by atoms with Gasteiger partial charge < -0.3 is 90.1 Å². The van der Waals surface area contributed by atoms with Crippen molar-refractivity contribution in [2.45, 2.75) is 105 Å². The summed E-state index contributed by atoms with van der Waals surface area (Å²) in [7, 11) is 0. The number of hydrogen-bond donors (Lipinski definition) is 13. The van der Waals surface area contributed by atoms with Gasteiger partial charge in [-0.05, 0) is 0 Å². The molecule has 0 aromatic carbocycles. The maximum atomic E-state index is 12.9. The van der Waals surface area contributed by atoms with Crippen LogP contribution in [0.15, 0.2) is 0 Å². The van der Waals surface area contributed by atoms with Gasteiger partial charge in [-0.3, -0.25) is 4.79 Å². The molecule has 2 heterocycles. The van der Waals surface area contributed by atoms with Crippen LogP contribution in [0.25, 0.3) is 0 Å². The van der Waals surface area contributed by atoms with Gasteiger partial charge in [0.2, 0.25) is 11.9 Å². The SMILES string of the molecule is CC(C)C(=O)OC(C(=O)OC[C@H]1O[C@H](O[C@]2(CO)O[C@H](CO)[C@@H](O)[C@@H]2O)[C@H](O)[C@@H](O)[C@@H]1O)C(O)[C@H](O)[C@@H](O)[C@H](O)[C@H](O)CO. The molecule has 0 aliphatic carbocycles. The molecule has 0 aromatic heterocycles. The zero-order chi connectivity index (χ0) is 33.7. The molecule has 0 radical (unpaired) electrons. The topological polar surface area (TPSA) is 343 Å². The average molecular weight is 651 g/mol. The Morgan fingerprint density at radius 3 is 1.86 bits per heavy atom. The Hall–Kier alpha value is -1.70. The highest BCUT2D eigenvalue weighted by Gasteiger charge is 2.58. The van der Waals surface area contributed by atoms with E-state index in [1.165, 1.54) is 13.8 Å². The first-order chi connectivity index (χ1) is 20.5. The number of aliphatic hydroxyl groups excluding tert-OH is 13. The Bertz CT molecular complexity index is 922. The van der Waals surface area contributed by atoms with Crippen LogP contribution >= 0.6 is 0 Å². The van der Waals surface area contributed by atoms with Crippen LogP contribution in [0.1, 0.15) is 13.8 Å². The molecule has 44 heavy (non-hydrogen) atoms. The molecule has 2 saturated heterocycles. The summed E-state index contributed by atoms with van der Waals surface area (Å²) in [6.45, 7) is -1.39. The Kier molecular flexibility index (Phi) is 14.2. The van der Waals surface area contributed by atoms with Gasteiger partial charge in [0.15, 0.2) is 6.29 Å². The lowest BCUT2D eigenvalue weighted by Crippen LogP contribution is -2.63. The minimum absolute atomic E-state index is 0.821. The minimum Gasteiger partial charge on any atom is -0.460 e. The maximum absolute atomic E-state index is 12.9. The smallest absolute Gasteiger partial charge is 0.350 e. The van der Waals surface area contributed by atoms with Crippen LogP contribution in [-0.2, 0) is 33.3 Å². The minimum atomic E-state index is -2.50. The molecule has 13 N–H and O–H groups in total. The van der Waals surface area contributed by atoms with E-state index in [2.05, 4.69) is 0 Å². The Labute approximate surface area is 249 Å². The number of hydrogen-bond acceptors (Lipinski definition) is 20. The van der Waals surface area contributed by atoms with Gasteiger partial charge in [-0.25, -0.2) is 4.79 Å². The predicted molar refractivity (Wildman–Crippen MR) is 134 cm³/mol. The summed E-state index contributed by atoms with van der Waals surface area (Å²) in [5, 5.41) is 130. The predicted octanol–water partition coefficient (Wildman–Crippen LogP) is -8.48. The molecule has 2 aliphatic rings. The molecule has 0 amide bonds. The van der Waals surface area contributed by atoms with Gasteiger partial charge >= 0.3 is 11.9 Å². The number of esters is 2. The summed E-state index contributed by atoms with van der Waals surface area (Å²) < 4.78 is 25.7. The molecule has 258 valence electrons. The van der Waals surface area contributed by atoms with Crippen molar-refractivity contribution < 1.29 is 99.7 Å². The van der Waals surface area contributed by atoms with E-state index >= 15 is 0 Å². The fraction of sp³-hybridized carbons (Fsp3) is 0.917. The first-order valence-electron chi connectivity index (χ1n) is 13.5. The lowest BCUT2D eigenvalue weighted by Gasteiger charge is -2.43.